The number of hydrogen-bond donors (Lipinski definition) is 2. The molecule has 5 nitrogen and oxygen atoms in total. The number of aliphatic hydroxyl groups excluding tert-OH is 2. The van der Waals surface area contributed by atoms with Crippen LogP contribution in [0.1, 0.15) is 5.56 Å². The molecule has 6 heteroatoms. The molecule has 0 aliphatic heterocycles. The Labute approximate surface area is 155 Å². The predicted octanol–water partition coefficient (Wildman–Crippen LogP) is 2.35. The molecular formula is C19H26ClNO4. The van der Waals surface area contributed by atoms with Gasteiger partial charge in [-0.1, -0.05) is 30.3 Å². The highest BCUT2D eigenvalue weighted by molar-refractivity contribution is 5.85. The third kappa shape index (κ3) is 7.75. The first-order valence-corrected chi connectivity index (χ1v) is 8.03. The van der Waals surface area contributed by atoms with E-state index in [1.54, 1.807) is 19.2 Å². The number of nitrogens with zero attached hydrogens (tertiary/aromatic N) is 1. The lowest BCUT2D eigenvalue weighted by Crippen LogP contribution is -2.37. The summed E-state index contributed by atoms with van der Waals surface area (Å²) in [6.45, 7) is 1.88. The van der Waals surface area contributed by atoms with E-state index in [1.807, 2.05) is 47.4 Å². The quantitative estimate of drug-likeness (QED) is 0.675. The lowest BCUT2D eigenvalue weighted by atomic mass is 10.2. The van der Waals surface area contributed by atoms with Gasteiger partial charge in [0.25, 0.3) is 0 Å². The minimum absolute atomic E-state index is 0. The summed E-state index contributed by atoms with van der Waals surface area (Å²) < 4.78 is 10.7. The summed E-state index contributed by atoms with van der Waals surface area (Å²) in [5.74, 6) is 1.45. The van der Waals surface area contributed by atoms with Crippen LogP contribution in [0, 0.1) is 0 Å². The van der Waals surface area contributed by atoms with Crippen molar-refractivity contribution in [2.75, 3.05) is 33.4 Å². The molecule has 25 heavy (non-hydrogen) atoms. The average molecular weight is 368 g/mol. The van der Waals surface area contributed by atoms with Crippen LogP contribution in [0.15, 0.2) is 54.6 Å². The van der Waals surface area contributed by atoms with Crippen LogP contribution in [-0.2, 0) is 6.54 Å². The van der Waals surface area contributed by atoms with Crippen molar-refractivity contribution < 1.29 is 19.7 Å². The molecule has 0 aromatic heterocycles. The van der Waals surface area contributed by atoms with E-state index in [0.717, 1.165) is 11.3 Å². The number of benzene rings is 2. The van der Waals surface area contributed by atoms with E-state index < -0.39 is 6.10 Å². The molecule has 0 saturated carbocycles. The Bertz CT molecular complexity index is 580. The topological polar surface area (TPSA) is 62.2 Å². The lowest BCUT2D eigenvalue weighted by molar-refractivity contribution is 0.0590. The van der Waals surface area contributed by atoms with Gasteiger partial charge >= 0.3 is 0 Å². The van der Waals surface area contributed by atoms with Gasteiger partial charge in [-0.2, -0.15) is 0 Å². The van der Waals surface area contributed by atoms with Crippen LogP contribution < -0.4 is 9.47 Å². The van der Waals surface area contributed by atoms with Gasteiger partial charge in [0.15, 0.2) is 0 Å². The average Bonchev–Trinajstić information content (AvgIpc) is 2.61. The summed E-state index contributed by atoms with van der Waals surface area (Å²) in [6, 6.07) is 17.2. The first-order chi connectivity index (χ1) is 11.7. The number of methoxy groups -OCH3 is 1. The summed E-state index contributed by atoms with van der Waals surface area (Å²) in [6.07, 6.45) is -0.637. The Morgan fingerprint density at radius 3 is 2.24 bits per heavy atom. The van der Waals surface area contributed by atoms with Crippen LogP contribution in [0.25, 0.3) is 0 Å². The SMILES string of the molecule is COc1ccc(OCC(O)CN(CCO)Cc2ccccc2)cc1.Cl. The number of rotatable bonds is 10. The Balaban J connectivity index is 0.00000312. The monoisotopic (exact) mass is 367 g/mol. The molecular weight excluding hydrogens is 342 g/mol. The third-order valence-electron chi connectivity index (χ3n) is 3.64. The van der Waals surface area contributed by atoms with Crippen LogP contribution in [0.4, 0.5) is 0 Å². The van der Waals surface area contributed by atoms with E-state index in [2.05, 4.69) is 0 Å². The molecule has 0 bridgehead atoms. The summed E-state index contributed by atoms with van der Waals surface area (Å²) in [7, 11) is 1.61. The van der Waals surface area contributed by atoms with Crippen molar-refractivity contribution in [3.8, 4) is 11.5 Å². The molecule has 0 fully saturated rings. The maximum atomic E-state index is 10.2. The normalized spacial score (nSPS) is 11.7. The van der Waals surface area contributed by atoms with Crippen molar-refractivity contribution in [1.82, 2.24) is 4.90 Å². The van der Waals surface area contributed by atoms with Gasteiger partial charge in [0.1, 0.15) is 24.2 Å². The van der Waals surface area contributed by atoms with Crippen LogP contribution in [0.2, 0.25) is 0 Å². The molecule has 0 amide bonds. The van der Waals surface area contributed by atoms with Crippen LogP contribution >= 0.6 is 12.4 Å². The highest BCUT2D eigenvalue weighted by atomic mass is 35.5. The molecule has 2 aromatic rings. The van der Waals surface area contributed by atoms with Gasteiger partial charge in [-0.25, -0.2) is 0 Å². The Morgan fingerprint density at radius 1 is 1.00 bits per heavy atom. The van der Waals surface area contributed by atoms with Crippen molar-refractivity contribution in [2.24, 2.45) is 0 Å². The predicted molar refractivity (Wildman–Crippen MR) is 101 cm³/mol. The van der Waals surface area contributed by atoms with Gasteiger partial charge in [0.05, 0.1) is 13.7 Å². The van der Waals surface area contributed by atoms with E-state index in [0.29, 0.717) is 25.4 Å². The second-order valence-electron chi connectivity index (χ2n) is 5.58. The fraction of sp³-hybridized carbons (Fsp3) is 0.368. The van der Waals surface area contributed by atoms with Gasteiger partial charge < -0.3 is 19.7 Å². The molecule has 0 saturated heterocycles. The van der Waals surface area contributed by atoms with E-state index in [1.165, 1.54) is 0 Å². The molecule has 1 atom stereocenters. The largest absolute Gasteiger partial charge is 0.497 e. The van der Waals surface area contributed by atoms with Crippen molar-refractivity contribution >= 4 is 12.4 Å². The number of hydrogen-bond acceptors (Lipinski definition) is 5. The van der Waals surface area contributed by atoms with Crippen LogP contribution in [0.5, 0.6) is 11.5 Å². The summed E-state index contributed by atoms with van der Waals surface area (Å²) >= 11 is 0. The smallest absolute Gasteiger partial charge is 0.119 e. The van der Waals surface area contributed by atoms with E-state index in [4.69, 9.17) is 9.47 Å². The maximum absolute atomic E-state index is 10.2. The summed E-state index contributed by atoms with van der Waals surface area (Å²) in [4.78, 5) is 2.01. The second kappa shape index (κ2) is 11.7. The van der Waals surface area contributed by atoms with Crippen LogP contribution in [0.3, 0.4) is 0 Å². The molecule has 2 aromatic carbocycles. The van der Waals surface area contributed by atoms with Crippen molar-refractivity contribution in [3.63, 3.8) is 0 Å². The second-order valence-corrected chi connectivity index (χ2v) is 5.58. The molecule has 1 unspecified atom stereocenters. The summed E-state index contributed by atoms with van der Waals surface area (Å²) in [5.41, 5.74) is 1.15. The number of ether oxygens (including phenoxy) is 2. The molecule has 2 rings (SSSR count). The molecule has 0 aliphatic rings. The number of aliphatic hydroxyl groups is 2. The third-order valence-corrected chi connectivity index (χ3v) is 3.64. The fourth-order valence-electron chi connectivity index (χ4n) is 2.43. The minimum atomic E-state index is -0.637. The van der Waals surface area contributed by atoms with Gasteiger partial charge in [0.2, 0.25) is 0 Å². The zero-order valence-corrected chi connectivity index (χ0v) is 15.2. The minimum Gasteiger partial charge on any atom is -0.497 e. The first-order valence-electron chi connectivity index (χ1n) is 8.03. The molecule has 138 valence electrons. The van der Waals surface area contributed by atoms with Crippen molar-refractivity contribution in [2.45, 2.75) is 12.6 Å². The lowest BCUT2D eigenvalue weighted by Gasteiger charge is -2.24. The van der Waals surface area contributed by atoms with Gasteiger partial charge in [0, 0.05) is 19.6 Å². The Hall–Kier alpha value is -1.79. The standard InChI is InChI=1S/C19H25NO4.ClH/c1-23-18-7-9-19(10-8-18)24-15-17(22)14-20(11-12-21)13-16-5-3-2-4-6-16;/h2-10,17,21-22H,11-15H2,1H3;1H. The van der Waals surface area contributed by atoms with Crippen LogP contribution in [-0.4, -0.2) is 54.6 Å². The first kappa shape index (κ1) is 21.3. The maximum Gasteiger partial charge on any atom is 0.119 e. The van der Waals surface area contributed by atoms with E-state index >= 15 is 0 Å². The molecule has 0 spiro atoms. The zero-order valence-electron chi connectivity index (χ0n) is 14.4. The molecule has 0 heterocycles. The zero-order chi connectivity index (χ0) is 17.2. The highest BCUT2D eigenvalue weighted by Gasteiger charge is 2.13. The van der Waals surface area contributed by atoms with Crippen molar-refractivity contribution in [1.29, 1.82) is 0 Å². The van der Waals surface area contributed by atoms with Gasteiger partial charge in [-0.3, -0.25) is 4.90 Å². The van der Waals surface area contributed by atoms with E-state index in [-0.39, 0.29) is 25.6 Å². The molecule has 0 aliphatic carbocycles. The van der Waals surface area contributed by atoms with Gasteiger partial charge in [-0.05, 0) is 29.8 Å². The molecule has 0 radical (unpaired) electrons. The number of halogens is 1. The summed E-state index contributed by atoms with van der Waals surface area (Å²) in [5, 5.41) is 19.4. The van der Waals surface area contributed by atoms with E-state index in [9.17, 15) is 10.2 Å². The Kier molecular flexibility index (Phi) is 9.96. The molecule has 2 N–H and O–H groups in total. The highest BCUT2D eigenvalue weighted by Crippen LogP contribution is 2.17. The van der Waals surface area contributed by atoms with Crippen molar-refractivity contribution in [3.05, 3.63) is 60.2 Å². The Morgan fingerprint density at radius 2 is 1.64 bits per heavy atom. The van der Waals surface area contributed by atoms with Gasteiger partial charge in [-0.15, -0.1) is 12.4 Å². The fourth-order valence-corrected chi connectivity index (χ4v) is 2.43.